The van der Waals surface area contributed by atoms with Crippen LogP contribution in [0, 0.1) is 0 Å². The second-order valence-corrected chi connectivity index (χ2v) is 4.36. The van der Waals surface area contributed by atoms with E-state index in [4.69, 9.17) is 9.47 Å². The molecule has 0 bridgehead atoms. The molecular weight excluding hydrogens is 256 g/mol. The van der Waals surface area contributed by atoms with Gasteiger partial charge in [0.05, 0.1) is 12.2 Å². The van der Waals surface area contributed by atoms with Crippen LogP contribution in [0.15, 0.2) is 36.4 Å². The molecule has 2 aromatic rings. The minimum atomic E-state index is -0.402. The van der Waals surface area contributed by atoms with Crippen molar-refractivity contribution in [2.24, 2.45) is 0 Å². The Labute approximate surface area is 117 Å². The third-order valence-electron chi connectivity index (χ3n) is 2.90. The smallest absolute Gasteiger partial charge is 0.338 e. The van der Waals surface area contributed by atoms with Crippen LogP contribution in [0.3, 0.4) is 0 Å². The fraction of sp³-hybridized carbons (Fsp3) is 0.250. The third kappa shape index (κ3) is 3.15. The molecule has 0 aromatic heterocycles. The van der Waals surface area contributed by atoms with E-state index in [1.807, 2.05) is 30.3 Å². The highest BCUT2D eigenvalue weighted by Crippen LogP contribution is 2.22. The number of fused-ring (bicyclic) bond motifs is 1. The summed E-state index contributed by atoms with van der Waals surface area (Å²) in [5, 5.41) is 1.94. The third-order valence-corrected chi connectivity index (χ3v) is 2.90. The maximum atomic E-state index is 12.0. The average Bonchev–Trinajstić information content (AvgIpc) is 2.44. The fourth-order valence-corrected chi connectivity index (χ4v) is 1.99. The molecule has 0 spiro atoms. The van der Waals surface area contributed by atoms with Gasteiger partial charge < -0.3 is 9.47 Å². The molecule has 2 rings (SSSR count). The Bertz CT molecular complexity index is 646. The van der Waals surface area contributed by atoms with Gasteiger partial charge in [-0.2, -0.15) is 0 Å². The molecular formula is C16H16O4. The van der Waals surface area contributed by atoms with Gasteiger partial charge >= 0.3 is 11.9 Å². The highest BCUT2D eigenvalue weighted by Gasteiger charge is 2.14. The zero-order valence-electron chi connectivity index (χ0n) is 11.5. The number of hydrogen-bond donors (Lipinski definition) is 0. The van der Waals surface area contributed by atoms with Crippen LogP contribution in [0.1, 0.15) is 29.8 Å². The van der Waals surface area contributed by atoms with Gasteiger partial charge in [-0.05, 0) is 29.8 Å². The van der Waals surface area contributed by atoms with Crippen molar-refractivity contribution in [3.8, 4) is 0 Å². The summed E-state index contributed by atoms with van der Waals surface area (Å²) in [5.74, 6) is -0.784. The van der Waals surface area contributed by atoms with Gasteiger partial charge in [0.1, 0.15) is 6.61 Å². The van der Waals surface area contributed by atoms with Crippen LogP contribution in [0.4, 0.5) is 0 Å². The standard InChI is InChI=1S/C16H16O4/c1-3-19-16(18)15-9-13-7-5-4-6-12(13)8-14(15)10-20-11(2)17/h4-9H,3,10H2,1-2H3. The monoisotopic (exact) mass is 272 g/mol. The van der Waals surface area contributed by atoms with Gasteiger partial charge in [-0.15, -0.1) is 0 Å². The summed E-state index contributed by atoms with van der Waals surface area (Å²) in [5.41, 5.74) is 1.09. The Morgan fingerprint density at radius 3 is 2.30 bits per heavy atom. The van der Waals surface area contributed by atoms with Crippen LogP contribution in [0.2, 0.25) is 0 Å². The molecule has 0 heterocycles. The summed E-state index contributed by atoms with van der Waals surface area (Å²) in [6.45, 7) is 3.46. The van der Waals surface area contributed by atoms with E-state index >= 15 is 0 Å². The zero-order chi connectivity index (χ0) is 14.5. The largest absolute Gasteiger partial charge is 0.462 e. The molecule has 2 aromatic carbocycles. The van der Waals surface area contributed by atoms with Crippen LogP contribution < -0.4 is 0 Å². The molecule has 4 nitrogen and oxygen atoms in total. The molecule has 0 aliphatic carbocycles. The molecule has 0 saturated heterocycles. The minimum Gasteiger partial charge on any atom is -0.462 e. The molecule has 104 valence electrons. The Balaban J connectivity index is 2.46. The number of carbonyl (C=O) groups is 2. The summed E-state index contributed by atoms with van der Waals surface area (Å²) < 4.78 is 10.0. The van der Waals surface area contributed by atoms with E-state index in [-0.39, 0.29) is 12.6 Å². The molecule has 0 aliphatic heterocycles. The number of rotatable bonds is 4. The first kappa shape index (κ1) is 14.1. The predicted molar refractivity (Wildman–Crippen MR) is 75.4 cm³/mol. The predicted octanol–water partition coefficient (Wildman–Crippen LogP) is 3.08. The molecule has 0 fully saturated rings. The van der Waals surface area contributed by atoms with Crippen molar-refractivity contribution in [3.05, 3.63) is 47.5 Å². The number of carbonyl (C=O) groups excluding carboxylic acids is 2. The highest BCUT2D eigenvalue weighted by atomic mass is 16.5. The topological polar surface area (TPSA) is 52.6 Å². The number of ether oxygens (including phenoxy) is 2. The van der Waals surface area contributed by atoms with Crippen molar-refractivity contribution in [1.82, 2.24) is 0 Å². The molecule has 0 aliphatic rings. The molecule has 0 unspecified atom stereocenters. The van der Waals surface area contributed by atoms with Gasteiger partial charge in [0.2, 0.25) is 0 Å². The van der Waals surface area contributed by atoms with Gasteiger partial charge in [-0.25, -0.2) is 4.79 Å². The minimum absolute atomic E-state index is 0.0638. The molecule has 0 atom stereocenters. The first-order valence-corrected chi connectivity index (χ1v) is 6.44. The van der Waals surface area contributed by atoms with E-state index in [1.165, 1.54) is 6.92 Å². The van der Waals surface area contributed by atoms with E-state index in [9.17, 15) is 9.59 Å². The van der Waals surface area contributed by atoms with Crippen LogP contribution in [-0.2, 0) is 20.9 Å². The van der Waals surface area contributed by atoms with Crippen molar-refractivity contribution in [2.75, 3.05) is 6.61 Å². The summed E-state index contributed by atoms with van der Waals surface area (Å²) in [4.78, 5) is 22.9. The van der Waals surface area contributed by atoms with Crippen molar-refractivity contribution >= 4 is 22.7 Å². The lowest BCUT2D eigenvalue weighted by Gasteiger charge is -2.11. The van der Waals surface area contributed by atoms with Crippen LogP contribution in [0.5, 0.6) is 0 Å². The first-order chi connectivity index (χ1) is 9.61. The Hall–Kier alpha value is -2.36. The fourth-order valence-electron chi connectivity index (χ4n) is 1.99. The van der Waals surface area contributed by atoms with E-state index in [0.717, 1.165) is 10.8 Å². The maximum Gasteiger partial charge on any atom is 0.338 e. The van der Waals surface area contributed by atoms with Crippen molar-refractivity contribution in [2.45, 2.75) is 20.5 Å². The van der Waals surface area contributed by atoms with Crippen LogP contribution >= 0.6 is 0 Å². The van der Waals surface area contributed by atoms with Crippen molar-refractivity contribution in [3.63, 3.8) is 0 Å². The Morgan fingerprint density at radius 2 is 1.70 bits per heavy atom. The van der Waals surface area contributed by atoms with Gasteiger partial charge in [0, 0.05) is 12.5 Å². The Morgan fingerprint density at radius 1 is 1.05 bits per heavy atom. The lowest BCUT2D eigenvalue weighted by Crippen LogP contribution is -2.10. The summed E-state index contributed by atoms with van der Waals surface area (Å²) in [6.07, 6.45) is 0. The molecule has 20 heavy (non-hydrogen) atoms. The average molecular weight is 272 g/mol. The van der Waals surface area contributed by atoms with Crippen LogP contribution in [0.25, 0.3) is 10.8 Å². The molecule has 4 heteroatoms. The summed E-state index contributed by atoms with van der Waals surface area (Å²) in [7, 11) is 0. The van der Waals surface area contributed by atoms with Gasteiger partial charge in [-0.1, -0.05) is 24.3 Å². The lowest BCUT2D eigenvalue weighted by atomic mass is 10.0. The second-order valence-electron chi connectivity index (χ2n) is 4.36. The zero-order valence-corrected chi connectivity index (χ0v) is 11.5. The van der Waals surface area contributed by atoms with Gasteiger partial charge in [0.25, 0.3) is 0 Å². The first-order valence-electron chi connectivity index (χ1n) is 6.44. The van der Waals surface area contributed by atoms with Crippen molar-refractivity contribution < 1.29 is 19.1 Å². The SMILES string of the molecule is CCOC(=O)c1cc2ccccc2cc1COC(C)=O. The van der Waals surface area contributed by atoms with Crippen LogP contribution in [-0.4, -0.2) is 18.5 Å². The quantitative estimate of drug-likeness (QED) is 0.803. The Kier molecular flexibility index (Phi) is 4.35. The van der Waals surface area contributed by atoms with E-state index in [0.29, 0.717) is 17.7 Å². The normalized spacial score (nSPS) is 10.3. The maximum absolute atomic E-state index is 12.0. The van der Waals surface area contributed by atoms with Crippen molar-refractivity contribution in [1.29, 1.82) is 0 Å². The van der Waals surface area contributed by atoms with E-state index in [2.05, 4.69) is 0 Å². The summed E-state index contributed by atoms with van der Waals surface area (Å²) in [6, 6.07) is 11.3. The van der Waals surface area contributed by atoms with E-state index < -0.39 is 5.97 Å². The highest BCUT2D eigenvalue weighted by molar-refractivity contribution is 5.97. The number of hydrogen-bond acceptors (Lipinski definition) is 4. The molecule has 0 radical (unpaired) electrons. The van der Waals surface area contributed by atoms with Gasteiger partial charge in [0.15, 0.2) is 0 Å². The summed E-state index contributed by atoms with van der Waals surface area (Å²) >= 11 is 0. The number of esters is 2. The molecule has 0 saturated carbocycles. The molecule has 0 amide bonds. The lowest BCUT2D eigenvalue weighted by molar-refractivity contribution is -0.142. The number of benzene rings is 2. The second kappa shape index (κ2) is 6.19. The van der Waals surface area contributed by atoms with Gasteiger partial charge in [-0.3, -0.25) is 4.79 Å². The van der Waals surface area contributed by atoms with E-state index in [1.54, 1.807) is 13.0 Å². The molecule has 0 N–H and O–H groups in total.